The third-order valence-electron chi connectivity index (χ3n) is 6.95. The van der Waals surface area contributed by atoms with Crippen LogP contribution in [0.3, 0.4) is 0 Å². The van der Waals surface area contributed by atoms with Gasteiger partial charge in [0.05, 0.1) is 4.90 Å². The Morgan fingerprint density at radius 2 is 1.51 bits per heavy atom. The van der Waals surface area contributed by atoms with Crippen LogP contribution in [0.2, 0.25) is 0 Å². The van der Waals surface area contributed by atoms with Gasteiger partial charge in [-0.2, -0.15) is 4.98 Å². The Morgan fingerprint density at radius 1 is 0.838 bits per heavy atom. The Labute approximate surface area is 216 Å². The molecule has 0 radical (unpaired) electrons. The first kappa shape index (κ1) is 23.6. The number of rotatable bonds is 6. The lowest BCUT2D eigenvalue weighted by molar-refractivity contribution is 0.171. The third-order valence-corrected chi connectivity index (χ3v) is 8.60. The van der Waals surface area contributed by atoms with Gasteiger partial charge in [0.2, 0.25) is 26.6 Å². The molecular weight excluding hydrogens is 488 g/mol. The molecular formula is C29H28N2O5S. The van der Waals surface area contributed by atoms with Crippen molar-refractivity contribution in [1.82, 2.24) is 4.98 Å². The third kappa shape index (κ3) is 4.81. The van der Waals surface area contributed by atoms with Crippen molar-refractivity contribution < 1.29 is 22.3 Å². The summed E-state index contributed by atoms with van der Waals surface area (Å²) in [5.74, 6) is 2.08. The topological polar surface area (TPSA) is 81.9 Å². The van der Waals surface area contributed by atoms with Crippen molar-refractivity contribution in [3.05, 3.63) is 84.4 Å². The van der Waals surface area contributed by atoms with Crippen molar-refractivity contribution >= 4 is 15.7 Å². The number of fused-ring (bicyclic) bond motifs is 1. The molecule has 7 nitrogen and oxygen atoms in total. The van der Waals surface area contributed by atoms with Crippen molar-refractivity contribution in [1.29, 1.82) is 0 Å². The molecule has 1 saturated heterocycles. The van der Waals surface area contributed by atoms with E-state index in [0.717, 1.165) is 24.8 Å². The second-order valence-electron chi connectivity index (χ2n) is 9.42. The maximum absolute atomic E-state index is 13.9. The van der Waals surface area contributed by atoms with Crippen LogP contribution in [0.5, 0.6) is 11.5 Å². The van der Waals surface area contributed by atoms with Crippen LogP contribution in [0.1, 0.15) is 18.4 Å². The number of benzene rings is 3. The number of nitrogens with zero attached hydrogens (tertiary/aromatic N) is 2. The van der Waals surface area contributed by atoms with Crippen LogP contribution in [0.15, 0.2) is 93.2 Å². The van der Waals surface area contributed by atoms with Gasteiger partial charge in [-0.05, 0) is 55.0 Å². The molecule has 3 aromatic carbocycles. The van der Waals surface area contributed by atoms with Gasteiger partial charge in [-0.3, -0.25) is 0 Å². The normalized spacial score (nSPS) is 16.1. The number of anilines is 1. The number of aromatic nitrogens is 1. The van der Waals surface area contributed by atoms with Gasteiger partial charge in [-0.15, -0.1) is 0 Å². The van der Waals surface area contributed by atoms with Gasteiger partial charge in [0.1, 0.15) is 13.2 Å². The summed E-state index contributed by atoms with van der Waals surface area (Å²) in [5.41, 5.74) is 2.06. The zero-order valence-corrected chi connectivity index (χ0v) is 21.2. The van der Waals surface area contributed by atoms with Crippen molar-refractivity contribution in [2.24, 2.45) is 5.92 Å². The molecule has 4 aromatic rings. The smallest absolute Gasteiger partial charge is 0.236 e. The van der Waals surface area contributed by atoms with Crippen LogP contribution in [-0.4, -0.2) is 39.7 Å². The first-order chi connectivity index (χ1) is 18.1. The maximum Gasteiger partial charge on any atom is 0.236 e. The largest absolute Gasteiger partial charge is 0.486 e. The van der Waals surface area contributed by atoms with E-state index in [1.165, 1.54) is 17.7 Å². The van der Waals surface area contributed by atoms with Crippen LogP contribution in [0, 0.1) is 5.92 Å². The molecule has 3 heterocycles. The van der Waals surface area contributed by atoms with Gasteiger partial charge in [0, 0.05) is 24.7 Å². The van der Waals surface area contributed by atoms with E-state index in [4.69, 9.17) is 13.9 Å². The van der Waals surface area contributed by atoms with Crippen LogP contribution in [0.4, 0.5) is 5.88 Å². The highest BCUT2D eigenvalue weighted by Gasteiger charge is 2.34. The summed E-state index contributed by atoms with van der Waals surface area (Å²) in [6, 6.07) is 24.6. The number of oxazole rings is 1. The number of piperidine rings is 1. The Hall–Kier alpha value is -3.78. The van der Waals surface area contributed by atoms with Crippen molar-refractivity contribution in [3.63, 3.8) is 0 Å². The monoisotopic (exact) mass is 516 g/mol. The average molecular weight is 517 g/mol. The predicted octanol–water partition coefficient (Wildman–Crippen LogP) is 5.40. The number of ether oxygens (including phenoxy) is 2. The van der Waals surface area contributed by atoms with Crippen molar-refractivity contribution in [3.8, 4) is 23.0 Å². The molecule has 0 bridgehead atoms. The molecule has 8 heteroatoms. The summed E-state index contributed by atoms with van der Waals surface area (Å²) >= 11 is 0. The van der Waals surface area contributed by atoms with E-state index in [9.17, 15) is 8.42 Å². The van der Waals surface area contributed by atoms with E-state index in [1.807, 2.05) is 41.3 Å². The minimum Gasteiger partial charge on any atom is -0.486 e. The molecule has 2 aliphatic rings. The van der Waals surface area contributed by atoms with E-state index in [-0.39, 0.29) is 15.8 Å². The fraction of sp³-hybridized carbons (Fsp3) is 0.276. The fourth-order valence-electron chi connectivity index (χ4n) is 4.97. The highest BCUT2D eigenvalue weighted by Crippen LogP contribution is 2.39. The van der Waals surface area contributed by atoms with E-state index in [0.29, 0.717) is 49.6 Å². The Bertz CT molecular complexity index is 1480. The minimum absolute atomic E-state index is 0.0652. The summed E-state index contributed by atoms with van der Waals surface area (Å²) in [5, 5.41) is -0.0652. The summed E-state index contributed by atoms with van der Waals surface area (Å²) in [7, 11) is -3.98. The summed E-state index contributed by atoms with van der Waals surface area (Å²) < 4.78 is 45.2. The van der Waals surface area contributed by atoms with Gasteiger partial charge >= 0.3 is 0 Å². The van der Waals surface area contributed by atoms with Crippen LogP contribution < -0.4 is 14.4 Å². The minimum atomic E-state index is -3.98. The molecule has 1 aromatic heterocycles. The molecule has 2 aliphatic heterocycles. The van der Waals surface area contributed by atoms with E-state index >= 15 is 0 Å². The highest BCUT2D eigenvalue weighted by atomic mass is 32.2. The lowest BCUT2D eigenvalue weighted by Crippen LogP contribution is -2.34. The summed E-state index contributed by atoms with van der Waals surface area (Å²) in [4.78, 5) is 6.66. The molecule has 0 saturated carbocycles. The molecule has 190 valence electrons. The molecule has 0 aliphatic carbocycles. The van der Waals surface area contributed by atoms with Gasteiger partial charge in [0.15, 0.2) is 11.5 Å². The van der Waals surface area contributed by atoms with E-state index in [2.05, 4.69) is 29.2 Å². The van der Waals surface area contributed by atoms with E-state index in [1.54, 1.807) is 6.07 Å². The highest BCUT2D eigenvalue weighted by molar-refractivity contribution is 7.91. The number of hydrogen-bond acceptors (Lipinski definition) is 7. The van der Waals surface area contributed by atoms with Gasteiger partial charge in [-0.25, -0.2) is 8.42 Å². The second-order valence-corrected chi connectivity index (χ2v) is 11.3. The maximum atomic E-state index is 13.9. The summed E-state index contributed by atoms with van der Waals surface area (Å²) in [6.45, 7) is 2.21. The predicted molar refractivity (Wildman–Crippen MR) is 140 cm³/mol. The average Bonchev–Trinajstić information content (AvgIpc) is 3.41. The lowest BCUT2D eigenvalue weighted by atomic mass is 9.90. The quantitative estimate of drug-likeness (QED) is 0.339. The Morgan fingerprint density at radius 3 is 2.24 bits per heavy atom. The lowest BCUT2D eigenvalue weighted by Gasteiger charge is -2.32. The molecule has 0 N–H and O–H groups in total. The van der Waals surface area contributed by atoms with Crippen LogP contribution >= 0.6 is 0 Å². The number of sulfone groups is 1. The number of hydrogen-bond donors (Lipinski definition) is 0. The molecule has 37 heavy (non-hydrogen) atoms. The van der Waals surface area contributed by atoms with E-state index < -0.39 is 9.84 Å². The molecule has 0 amide bonds. The first-order valence-corrected chi connectivity index (χ1v) is 14.1. The standard InChI is InChI=1S/C29H28N2O5S/c32-37(33,24-11-12-25-26(20-24)35-18-17-34-25)28-29(36-27(30-28)23-9-5-2-6-10-23)31-15-13-22(14-16-31)19-21-7-3-1-4-8-21/h1-12,20,22H,13-19H2. The Balaban J connectivity index is 1.32. The molecule has 0 spiro atoms. The van der Waals surface area contributed by atoms with Crippen LogP contribution in [-0.2, 0) is 16.3 Å². The van der Waals surface area contributed by atoms with Crippen molar-refractivity contribution in [2.45, 2.75) is 29.2 Å². The molecule has 0 atom stereocenters. The molecule has 1 fully saturated rings. The van der Waals surface area contributed by atoms with Gasteiger partial charge in [-0.1, -0.05) is 48.5 Å². The zero-order chi connectivity index (χ0) is 25.2. The second kappa shape index (κ2) is 9.94. The zero-order valence-electron chi connectivity index (χ0n) is 20.4. The fourth-order valence-corrected chi connectivity index (χ4v) is 6.30. The molecule has 0 unspecified atom stereocenters. The molecule has 6 rings (SSSR count). The summed E-state index contributed by atoms with van der Waals surface area (Å²) in [6.07, 6.45) is 2.91. The Kier molecular flexibility index (Phi) is 6.34. The van der Waals surface area contributed by atoms with Crippen molar-refractivity contribution in [2.75, 3.05) is 31.2 Å². The van der Waals surface area contributed by atoms with Crippen LogP contribution in [0.25, 0.3) is 11.5 Å². The van der Waals surface area contributed by atoms with Gasteiger partial charge < -0.3 is 18.8 Å². The SMILES string of the molecule is O=S(=O)(c1ccc2c(c1)OCCO2)c1nc(-c2ccccc2)oc1N1CCC(Cc2ccccc2)CC1. The van der Waals surface area contributed by atoms with Gasteiger partial charge in [0.25, 0.3) is 0 Å². The first-order valence-electron chi connectivity index (χ1n) is 12.6.